The first-order valence-electron chi connectivity index (χ1n) is 28.4. The summed E-state index contributed by atoms with van der Waals surface area (Å²) < 4.78 is 16.8. The van der Waals surface area contributed by atoms with Gasteiger partial charge in [-0.25, -0.2) is 0 Å². The van der Waals surface area contributed by atoms with Gasteiger partial charge in [-0.05, 0) is 128 Å². The standard InChI is InChI=1S/C63H104O6/c1-4-7-10-13-16-19-22-25-28-30-31-33-36-38-41-44-47-50-53-56-62(65)68-59-60(69-63(66)57-54-51-48-45-42-39-34-27-24-21-18-15-12-9-6-3)58-67-61(64)55-52-49-46-43-40-37-35-32-29-26-23-20-17-14-11-8-5-2/h9,12,16-21,25-29,31,33-34,38,41,60H,4-8,10-11,13-15,22-24,30,32,35-37,39-40,42-59H2,1-3H3/b12-9-,19-16-,20-17-,21-18-,28-25-,29-26-,33-31-,34-27-,41-38-/t60-/m0/s1. The molecule has 0 aromatic carbocycles. The van der Waals surface area contributed by atoms with Crippen molar-refractivity contribution >= 4 is 17.9 Å². The van der Waals surface area contributed by atoms with Crippen molar-refractivity contribution in [2.45, 2.75) is 258 Å². The average molecular weight is 958 g/mol. The van der Waals surface area contributed by atoms with Gasteiger partial charge >= 0.3 is 17.9 Å². The molecule has 0 aromatic heterocycles. The average Bonchev–Trinajstić information content (AvgIpc) is 3.35. The minimum Gasteiger partial charge on any atom is -0.462 e. The monoisotopic (exact) mass is 957 g/mol. The molecule has 0 radical (unpaired) electrons. The van der Waals surface area contributed by atoms with Gasteiger partial charge in [0.15, 0.2) is 6.10 Å². The smallest absolute Gasteiger partial charge is 0.306 e. The molecule has 0 aliphatic heterocycles. The van der Waals surface area contributed by atoms with Crippen molar-refractivity contribution in [1.82, 2.24) is 0 Å². The molecule has 0 aliphatic carbocycles. The molecule has 0 saturated carbocycles. The van der Waals surface area contributed by atoms with Crippen LogP contribution in [0.25, 0.3) is 0 Å². The molecule has 0 N–H and O–H groups in total. The third-order valence-electron chi connectivity index (χ3n) is 11.7. The van der Waals surface area contributed by atoms with Gasteiger partial charge < -0.3 is 14.2 Å². The fourth-order valence-corrected chi connectivity index (χ4v) is 7.47. The molecule has 0 rings (SSSR count). The van der Waals surface area contributed by atoms with Gasteiger partial charge in [0.1, 0.15) is 13.2 Å². The van der Waals surface area contributed by atoms with Crippen molar-refractivity contribution < 1.29 is 28.6 Å². The van der Waals surface area contributed by atoms with E-state index < -0.39 is 6.10 Å². The number of esters is 3. The van der Waals surface area contributed by atoms with E-state index in [1.54, 1.807) is 0 Å². The largest absolute Gasteiger partial charge is 0.462 e. The van der Waals surface area contributed by atoms with Gasteiger partial charge in [-0.15, -0.1) is 0 Å². The van der Waals surface area contributed by atoms with Crippen LogP contribution in [0.5, 0.6) is 0 Å². The van der Waals surface area contributed by atoms with Gasteiger partial charge in [-0.1, -0.05) is 214 Å². The van der Waals surface area contributed by atoms with Crippen molar-refractivity contribution in [2.75, 3.05) is 13.2 Å². The number of hydrogen-bond donors (Lipinski definition) is 0. The second-order valence-corrected chi connectivity index (χ2v) is 18.5. The van der Waals surface area contributed by atoms with Crippen LogP contribution in [0.2, 0.25) is 0 Å². The van der Waals surface area contributed by atoms with Crippen LogP contribution in [-0.2, 0) is 28.6 Å². The summed E-state index contributed by atoms with van der Waals surface area (Å²) >= 11 is 0. The summed E-state index contributed by atoms with van der Waals surface area (Å²) in [5.74, 6) is -0.958. The number of hydrogen-bond acceptors (Lipinski definition) is 6. The van der Waals surface area contributed by atoms with E-state index in [-0.39, 0.29) is 31.1 Å². The summed E-state index contributed by atoms with van der Waals surface area (Å²) in [5, 5.41) is 0. The molecular formula is C63H104O6. The summed E-state index contributed by atoms with van der Waals surface area (Å²) in [6.45, 7) is 6.42. The summed E-state index contributed by atoms with van der Waals surface area (Å²) in [6.07, 6.45) is 76.4. The zero-order chi connectivity index (χ0) is 50.0. The zero-order valence-electron chi connectivity index (χ0n) is 44.8. The van der Waals surface area contributed by atoms with Crippen LogP contribution in [0.1, 0.15) is 252 Å². The van der Waals surface area contributed by atoms with Gasteiger partial charge in [0.05, 0.1) is 0 Å². The summed E-state index contributed by atoms with van der Waals surface area (Å²) in [5.41, 5.74) is 0. The normalized spacial score (nSPS) is 12.9. The Kier molecular flexibility index (Phi) is 53.4. The number of carbonyl (C=O) groups is 3. The van der Waals surface area contributed by atoms with Crippen molar-refractivity contribution in [3.05, 3.63) is 109 Å². The molecule has 0 bridgehead atoms. The van der Waals surface area contributed by atoms with Crippen LogP contribution in [0.15, 0.2) is 109 Å². The van der Waals surface area contributed by atoms with E-state index in [1.807, 2.05) is 0 Å². The van der Waals surface area contributed by atoms with Gasteiger partial charge in [0.2, 0.25) is 0 Å². The Bertz CT molecular complexity index is 1420. The third kappa shape index (κ3) is 54.9. The molecule has 0 aliphatic rings. The van der Waals surface area contributed by atoms with Gasteiger partial charge in [0.25, 0.3) is 0 Å². The molecular weight excluding hydrogens is 853 g/mol. The fourth-order valence-electron chi connectivity index (χ4n) is 7.47. The Labute approximate surface area is 425 Å². The first-order valence-corrected chi connectivity index (χ1v) is 28.4. The molecule has 0 saturated heterocycles. The van der Waals surface area contributed by atoms with Crippen LogP contribution >= 0.6 is 0 Å². The first kappa shape index (κ1) is 65.1. The van der Waals surface area contributed by atoms with Crippen molar-refractivity contribution in [3.8, 4) is 0 Å². The van der Waals surface area contributed by atoms with E-state index in [1.165, 1.54) is 77.0 Å². The molecule has 0 fully saturated rings. The Morgan fingerprint density at radius 2 is 0.565 bits per heavy atom. The van der Waals surface area contributed by atoms with Crippen LogP contribution in [-0.4, -0.2) is 37.2 Å². The predicted molar refractivity (Wildman–Crippen MR) is 297 cm³/mol. The highest BCUT2D eigenvalue weighted by molar-refractivity contribution is 5.71. The van der Waals surface area contributed by atoms with Crippen LogP contribution in [0.4, 0.5) is 0 Å². The molecule has 6 heteroatoms. The number of unbranched alkanes of at least 4 members (excludes halogenated alkanes) is 21. The minimum atomic E-state index is -0.806. The molecule has 0 amide bonds. The highest BCUT2D eigenvalue weighted by Gasteiger charge is 2.19. The number of carbonyl (C=O) groups excluding carboxylic acids is 3. The van der Waals surface area contributed by atoms with E-state index in [2.05, 4.69) is 130 Å². The Morgan fingerprint density at radius 1 is 0.304 bits per heavy atom. The zero-order valence-corrected chi connectivity index (χ0v) is 44.8. The maximum Gasteiger partial charge on any atom is 0.306 e. The second-order valence-electron chi connectivity index (χ2n) is 18.5. The number of ether oxygens (including phenoxy) is 3. The van der Waals surface area contributed by atoms with Crippen LogP contribution in [0, 0.1) is 0 Å². The molecule has 1 atom stereocenters. The maximum atomic E-state index is 12.8. The number of allylic oxidation sites excluding steroid dienone is 18. The van der Waals surface area contributed by atoms with E-state index in [0.717, 1.165) is 135 Å². The van der Waals surface area contributed by atoms with E-state index in [0.29, 0.717) is 19.3 Å². The molecule has 0 spiro atoms. The first-order chi connectivity index (χ1) is 34.0. The molecule has 6 nitrogen and oxygen atoms in total. The van der Waals surface area contributed by atoms with Crippen molar-refractivity contribution in [2.24, 2.45) is 0 Å². The Balaban J connectivity index is 4.49. The van der Waals surface area contributed by atoms with E-state index in [9.17, 15) is 14.4 Å². The van der Waals surface area contributed by atoms with Gasteiger partial charge in [-0.2, -0.15) is 0 Å². The Morgan fingerprint density at radius 3 is 0.899 bits per heavy atom. The Hall–Kier alpha value is -3.93. The lowest BCUT2D eigenvalue weighted by molar-refractivity contribution is -0.167. The quantitative estimate of drug-likeness (QED) is 0.0262. The minimum absolute atomic E-state index is 0.101. The second kappa shape index (κ2) is 56.7. The lowest BCUT2D eigenvalue weighted by atomic mass is 10.1. The molecule has 392 valence electrons. The summed E-state index contributed by atoms with van der Waals surface area (Å²) in [4.78, 5) is 38.1. The molecule has 0 aromatic rings. The van der Waals surface area contributed by atoms with Gasteiger partial charge in [0, 0.05) is 19.3 Å². The predicted octanol–water partition coefficient (Wildman–Crippen LogP) is 19.1. The highest BCUT2D eigenvalue weighted by atomic mass is 16.6. The molecule has 69 heavy (non-hydrogen) atoms. The van der Waals surface area contributed by atoms with E-state index in [4.69, 9.17) is 14.2 Å². The SMILES string of the molecule is CC/C=C\C/C=C\C/C=C\CCCCCCCC(=O)O[C@H](COC(=O)CCCCC/C=C\C/C=C\C/C=C\C/C=C\CCCCC)COC(=O)CCCCCCCCC/C=C\C/C=C\CCCCC. The van der Waals surface area contributed by atoms with Gasteiger partial charge in [-0.3, -0.25) is 14.4 Å². The molecule has 0 heterocycles. The summed E-state index contributed by atoms with van der Waals surface area (Å²) in [7, 11) is 0. The fraction of sp³-hybridized carbons (Fsp3) is 0.667. The molecule has 0 unspecified atom stereocenters. The highest BCUT2D eigenvalue weighted by Crippen LogP contribution is 2.14. The number of rotatable bonds is 50. The van der Waals surface area contributed by atoms with E-state index >= 15 is 0 Å². The van der Waals surface area contributed by atoms with Crippen molar-refractivity contribution in [3.63, 3.8) is 0 Å². The lowest BCUT2D eigenvalue weighted by Crippen LogP contribution is -2.30. The maximum absolute atomic E-state index is 12.8. The van der Waals surface area contributed by atoms with Crippen LogP contribution < -0.4 is 0 Å². The third-order valence-corrected chi connectivity index (χ3v) is 11.7. The van der Waals surface area contributed by atoms with Crippen molar-refractivity contribution in [1.29, 1.82) is 0 Å². The van der Waals surface area contributed by atoms with Crippen LogP contribution in [0.3, 0.4) is 0 Å². The topological polar surface area (TPSA) is 78.9 Å². The lowest BCUT2D eigenvalue weighted by Gasteiger charge is -2.18. The summed E-state index contributed by atoms with van der Waals surface area (Å²) in [6, 6.07) is 0.